The van der Waals surface area contributed by atoms with Crippen molar-refractivity contribution < 1.29 is 9.53 Å². The van der Waals surface area contributed by atoms with Crippen LogP contribution in [0.5, 0.6) is 0 Å². The third-order valence-corrected chi connectivity index (χ3v) is 3.89. The lowest BCUT2D eigenvalue weighted by molar-refractivity contribution is -0.144. The number of ether oxygens (including phenoxy) is 1. The van der Waals surface area contributed by atoms with Gasteiger partial charge in [0.05, 0.1) is 17.9 Å². The summed E-state index contributed by atoms with van der Waals surface area (Å²) >= 11 is 3.38. The van der Waals surface area contributed by atoms with Crippen LogP contribution in [-0.4, -0.2) is 25.2 Å². The first kappa shape index (κ1) is 13.9. The van der Waals surface area contributed by atoms with Gasteiger partial charge in [0.2, 0.25) is 0 Å². The van der Waals surface area contributed by atoms with E-state index >= 15 is 0 Å². The first-order chi connectivity index (χ1) is 9.19. The van der Waals surface area contributed by atoms with Crippen molar-refractivity contribution in [3.63, 3.8) is 0 Å². The van der Waals surface area contributed by atoms with Crippen molar-refractivity contribution in [2.45, 2.75) is 25.8 Å². The number of halogens is 1. The molecule has 1 atom stereocenters. The van der Waals surface area contributed by atoms with Crippen LogP contribution in [0.1, 0.15) is 25.3 Å². The van der Waals surface area contributed by atoms with Gasteiger partial charge in [0, 0.05) is 11.0 Å². The fourth-order valence-electron chi connectivity index (χ4n) is 2.40. The zero-order valence-corrected chi connectivity index (χ0v) is 12.3. The van der Waals surface area contributed by atoms with Crippen molar-refractivity contribution in [3.05, 3.63) is 28.2 Å². The Labute approximate surface area is 121 Å². The highest BCUT2D eigenvalue weighted by molar-refractivity contribution is 9.10. The van der Waals surface area contributed by atoms with Gasteiger partial charge in [-0.15, -0.1) is 0 Å². The molecule has 100 valence electrons. The number of hydrogen-bond acceptors (Lipinski definition) is 4. The Morgan fingerprint density at radius 3 is 3.11 bits per heavy atom. The maximum absolute atomic E-state index is 12.0. The van der Waals surface area contributed by atoms with Crippen LogP contribution in [0.15, 0.2) is 22.7 Å². The lowest BCUT2D eigenvalue weighted by Gasteiger charge is -2.26. The van der Waals surface area contributed by atoms with Gasteiger partial charge in [0.15, 0.2) is 0 Å². The van der Waals surface area contributed by atoms with Crippen molar-refractivity contribution in [2.24, 2.45) is 0 Å². The molecule has 19 heavy (non-hydrogen) atoms. The highest BCUT2D eigenvalue weighted by Crippen LogP contribution is 2.32. The summed E-state index contributed by atoms with van der Waals surface area (Å²) in [6.45, 7) is 2.96. The van der Waals surface area contributed by atoms with E-state index in [0.29, 0.717) is 12.2 Å². The number of esters is 1. The smallest absolute Gasteiger partial charge is 0.328 e. The molecule has 5 heteroatoms. The Balaban J connectivity index is 2.33. The minimum Gasteiger partial charge on any atom is -0.464 e. The van der Waals surface area contributed by atoms with Crippen molar-refractivity contribution >= 4 is 27.6 Å². The summed E-state index contributed by atoms with van der Waals surface area (Å²) in [6, 6.07) is 7.50. The average Bonchev–Trinajstić information content (AvgIpc) is 2.87. The van der Waals surface area contributed by atoms with Crippen LogP contribution < -0.4 is 4.90 Å². The van der Waals surface area contributed by atoms with E-state index in [9.17, 15) is 10.1 Å². The first-order valence-corrected chi connectivity index (χ1v) is 7.10. The van der Waals surface area contributed by atoms with Crippen LogP contribution >= 0.6 is 15.9 Å². The third kappa shape index (κ3) is 2.74. The van der Waals surface area contributed by atoms with Crippen molar-refractivity contribution in [1.82, 2.24) is 0 Å². The number of anilines is 1. The Hall–Kier alpha value is -1.54. The number of nitriles is 1. The van der Waals surface area contributed by atoms with Gasteiger partial charge in [-0.05, 0) is 47.8 Å². The Morgan fingerprint density at radius 1 is 1.63 bits per heavy atom. The summed E-state index contributed by atoms with van der Waals surface area (Å²) in [5.41, 5.74) is 1.37. The van der Waals surface area contributed by atoms with Crippen LogP contribution in [0, 0.1) is 11.3 Å². The summed E-state index contributed by atoms with van der Waals surface area (Å²) < 4.78 is 5.86. The van der Waals surface area contributed by atoms with E-state index in [4.69, 9.17) is 4.74 Å². The highest BCUT2D eigenvalue weighted by Gasteiger charge is 2.33. The highest BCUT2D eigenvalue weighted by atomic mass is 79.9. The Bertz CT molecular complexity index is 525. The van der Waals surface area contributed by atoms with E-state index < -0.39 is 0 Å². The van der Waals surface area contributed by atoms with Gasteiger partial charge in [-0.25, -0.2) is 4.79 Å². The lowest BCUT2D eigenvalue weighted by atomic mass is 10.1. The molecule has 4 nitrogen and oxygen atoms in total. The first-order valence-electron chi connectivity index (χ1n) is 6.31. The SMILES string of the molecule is CCOC(=O)C1CCCN1c1cccc(Br)c1C#N. The summed E-state index contributed by atoms with van der Waals surface area (Å²) in [5.74, 6) is -0.205. The summed E-state index contributed by atoms with van der Waals surface area (Å²) in [5, 5.41) is 9.26. The van der Waals surface area contributed by atoms with E-state index in [-0.39, 0.29) is 12.0 Å². The molecule has 2 rings (SSSR count). The second kappa shape index (κ2) is 6.07. The van der Waals surface area contributed by atoms with Crippen molar-refractivity contribution in [1.29, 1.82) is 5.26 Å². The van der Waals surface area contributed by atoms with E-state index in [1.165, 1.54) is 0 Å². The Kier molecular flexibility index (Phi) is 4.43. The number of benzene rings is 1. The van der Waals surface area contributed by atoms with Gasteiger partial charge in [0.1, 0.15) is 12.1 Å². The molecule has 0 N–H and O–H groups in total. The molecule has 1 unspecified atom stereocenters. The van der Waals surface area contributed by atoms with Gasteiger partial charge in [-0.2, -0.15) is 5.26 Å². The zero-order valence-electron chi connectivity index (χ0n) is 10.7. The number of nitrogens with zero attached hydrogens (tertiary/aromatic N) is 2. The minimum atomic E-state index is -0.277. The molecule has 1 saturated heterocycles. The second-order valence-electron chi connectivity index (χ2n) is 4.35. The van der Waals surface area contributed by atoms with E-state index in [2.05, 4.69) is 22.0 Å². The molecule has 1 fully saturated rings. The van der Waals surface area contributed by atoms with Crippen LogP contribution in [0.25, 0.3) is 0 Å². The number of carbonyl (C=O) groups excluding carboxylic acids is 1. The predicted molar refractivity (Wildman–Crippen MR) is 75.9 cm³/mol. The van der Waals surface area contributed by atoms with Crippen LogP contribution in [0.3, 0.4) is 0 Å². The van der Waals surface area contributed by atoms with Gasteiger partial charge in [0.25, 0.3) is 0 Å². The fourth-order valence-corrected chi connectivity index (χ4v) is 2.85. The number of hydrogen-bond donors (Lipinski definition) is 0. The van der Waals surface area contributed by atoms with Crippen LogP contribution in [0.2, 0.25) is 0 Å². The Morgan fingerprint density at radius 2 is 2.42 bits per heavy atom. The van der Waals surface area contributed by atoms with E-state index in [1.54, 1.807) is 6.92 Å². The minimum absolute atomic E-state index is 0.205. The number of rotatable bonds is 3. The molecular formula is C14H15BrN2O2. The molecular weight excluding hydrogens is 308 g/mol. The maximum atomic E-state index is 12.0. The third-order valence-electron chi connectivity index (χ3n) is 3.22. The molecule has 0 radical (unpaired) electrons. The van der Waals surface area contributed by atoms with Gasteiger partial charge < -0.3 is 9.64 Å². The molecule has 0 bridgehead atoms. The maximum Gasteiger partial charge on any atom is 0.328 e. The molecule has 0 saturated carbocycles. The molecule has 1 aliphatic heterocycles. The van der Waals surface area contributed by atoms with Crippen LogP contribution in [-0.2, 0) is 9.53 Å². The summed E-state index contributed by atoms with van der Waals surface area (Å²) in [4.78, 5) is 13.9. The molecule has 0 amide bonds. The topological polar surface area (TPSA) is 53.3 Å². The zero-order chi connectivity index (χ0) is 13.8. The molecule has 0 spiro atoms. The number of carbonyl (C=O) groups is 1. The molecule has 1 aliphatic rings. The van der Waals surface area contributed by atoms with E-state index in [1.807, 2.05) is 23.1 Å². The lowest BCUT2D eigenvalue weighted by Crippen LogP contribution is -2.37. The van der Waals surface area contributed by atoms with Gasteiger partial charge in [-0.3, -0.25) is 0 Å². The molecule has 1 aromatic carbocycles. The quantitative estimate of drug-likeness (QED) is 0.803. The van der Waals surface area contributed by atoms with Gasteiger partial charge in [-0.1, -0.05) is 6.07 Å². The molecule has 1 heterocycles. The molecule has 0 aliphatic carbocycles. The largest absolute Gasteiger partial charge is 0.464 e. The average molecular weight is 323 g/mol. The standard InChI is InChI=1S/C14H15BrN2O2/c1-2-19-14(18)13-7-4-8-17(13)12-6-3-5-11(15)10(12)9-16/h3,5-6,13H,2,4,7-8H2,1H3. The summed E-state index contributed by atoms with van der Waals surface area (Å²) in [7, 11) is 0. The second-order valence-corrected chi connectivity index (χ2v) is 5.20. The van der Waals surface area contributed by atoms with Crippen molar-refractivity contribution in [3.8, 4) is 6.07 Å². The molecule has 0 aromatic heterocycles. The van der Waals surface area contributed by atoms with Crippen LogP contribution in [0.4, 0.5) is 5.69 Å². The normalized spacial score (nSPS) is 18.2. The summed E-state index contributed by atoms with van der Waals surface area (Å²) in [6.07, 6.45) is 1.71. The predicted octanol–water partition coefficient (Wildman–Crippen LogP) is 2.85. The monoisotopic (exact) mass is 322 g/mol. The fraction of sp³-hybridized carbons (Fsp3) is 0.429. The molecule has 1 aromatic rings. The van der Waals surface area contributed by atoms with Crippen molar-refractivity contribution in [2.75, 3.05) is 18.1 Å². The van der Waals surface area contributed by atoms with Gasteiger partial charge >= 0.3 is 5.97 Å². The van der Waals surface area contributed by atoms with E-state index in [0.717, 1.165) is 29.5 Å².